The zero-order valence-corrected chi connectivity index (χ0v) is 7.54. The van der Waals surface area contributed by atoms with Gasteiger partial charge < -0.3 is 9.47 Å². The topological polar surface area (TPSA) is 69.7 Å². The van der Waals surface area contributed by atoms with Crippen molar-refractivity contribution < 1.29 is 23.9 Å². The average molecular weight is 207 g/mol. The van der Waals surface area contributed by atoms with Crippen LogP contribution in [0.4, 0.5) is 4.79 Å². The predicted molar refractivity (Wildman–Crippen MR) is 43.1 cm³/mol. The molecule has 0 heterocycles. The Morgan fingerprint density at radius 2 is 1.77 bits per heavy atom. The SMILES string of the molecule is CCOC(=O)/C=C\C(=O)OC(=O)Cl. The maximum atomic E-state index is 10.6. The molecule has 5 nitrogen and oxygen atoms in total. The summed E-state index contributed by atoms with van der Waals surface area (Å²) in [6.45, 7) is 1.82. The molecule has 0 N–H and O–H groups in total. The molecule has 0 saturated heterocycles. The molecule has 13 heavy (non-hydrogen) atoms. The minimum absolute atomic E-state index is 0.201. The van der Waals surface area contributed by atoms with Crippen LogP contribution in [0.3, 0.4) is 0 Å². The number of ether oxygens (including phenoxy) is 2. The Hall–Kier alpha value is -1.36. The van der Waals surface area contributed by atoms with Crippen molar-refractivity contribution in [2.75, 3.05) is 6.61 Å². The van der Waals surface area contributed by atoms with Crippen molar-refractivity contribution in [2.24, 2.45) is 0 Å². The molecule has 0 saturated carbocycles. The van der Waals surface area contributed by atoms with E-state index in [0.717, 1.165) is 12.2 Å². The molecule has 0 aliphatic heterocycles. The maximum Gasteiger partial charge on any atom is 0.411 e. The van der Waals surface area contributed by atoms with E-state index in [-0.39, 0.29) is 6.61 Å². The van der Waals surface area contributed by atoms with Crippen LogP contribution in [0.1, 0.15) is 6.92 Å². The van der Waals surface area contributed by atoms with E-state index in [4.69, 9.17) is 11.6 Å². The van der Waals surface area contributed by atoms with Crippen LogP contribution in [-0.4, -0.2) is 24.0 Å². The molecular weight excluding hydrogens is 200 g/mol. The Labute approximate surface area is 79.3 Å². The first-order valence-corrected chi connectivity index (χ1v) is 3.70. The van der Waals surface area contributed by atoms with E-state index in [1.165, 1.54) is 0 Å². The molecule has 72 valence electrons. The number of hydrogen-bond acceptors (Lipinski definition) is 5. The second-order valence-electron chi connectivity index (χ2n) is 1.74. The summed E-state index contributed by atoms with van der Waals surface area (Å²) in [4.78, 5) is 31.1. The van der Waals surface area contributed by atoms with Crippen molar-refractivity contribution in [3.05, 3.63) is 12.2 Å². The molecule has 0 atom stereocenters. The largest absolute Gasteiger partial charge is 0.463 e. The minimum atomic E-state index is -1.25. The first-order valence-electron chi connectivity index (χ1n) is 3.32. The lowest BCUT2D eigenvalue weighted by Gasteiger charge is -1.94. The van der Waals surface area contributed by atoms with Gasteiger partial charge in [-0.15, -0.1) is 0 Å². The Kier molecular flexibility index (Phi) is 5.54. The first kappa shape index (κ1) is 11.6. The summed E-state index contributed by atoms with van der Waals surface area (Å²) in [6, 6.07) is 0. The van der Waals surface area contributed by atoms with Gasteiger partial charge in [-0.3, -0.25) is 0 Å². The van der Waals surface area contributed by atoms with Crippen LogP contribution in [0.2, 0.25) is 0 Å². The lowest BCUT2D eigenvalue weighted by molar-refractivity contribution is -0.138. The van der Waals surface area contributed by atoms with E-state index in [9.17, 15) is 14.4 Å². The Morgan fingerprint density at radius 1 is 1.23 bits per heavy atom. The van der Waals surface area contributed by atoms with Crippen LogP contribution in [0, 0.1) is 0 Å². The van der Waals surface area contributed by atoms with Crippen molar-refractivity contribution in [3.8, 4) is 0 Å². The van der Waals surface area contributed by atoms with Crippen LogP contribution < -0.4 is 0 Å². The van der Waals surface area contributed by atoms with Gasteiger partial charge in [0, 0.05) is 23.8 Å². The van der Waals surface area contributed by atoms with Crippen LogP contribution in [0.5, 0.6) is 0 Å². The van der Waals surface area contributed by atoms with Crippen molar-refractivity contribution in [2.45, 2.75) is 6.92 Å². The zero-order valence-electron chi connectivity index (χ0n) is 6.78. The van der Waals surface area contributed by atoms with Gasteiger partial charge in [-0.1, -0.05) is 0 Å². The third-order valence-corrected chi connectivity index (χ3v) is 0.900. The minimum Gasteiger partial charge on any atom is -0.463 e. The summed E-state index contributed by atoms with van der Waals surface area (Å²) in [5, 5.41) is 0. The standard InChI is InChI=1S/C7H7ClO5/c1-2-12-5(9)3-4-6(10)13-7(8)11/h3-4H,2H2,1H3/b4-3-. The number of carbonyl (C=O) groups is 3. The fourth-order valence-electron chi connectivity index (χ4n) is 0.440. The van der Waals surface area contributed by atoms with E-state index >= 15 is 0 Å². The molecule has 0 aliphatic carbocycles. The van der Waals surface area contributed by atoms with E-state index in [2.05, 4.69) is 9.47 Å². The molecule has 0 radical (unpaired) electrons. The first-order chi connectivity index (χ1) is 6.06. The third-order valence-electron chi connectivity index (χ3n) is 0.823. The van der Waals surface area contributed by atoms with Crippen LogP contribution in [0.15, 0.2) is 12.2 Å². The van der Waals surface area contributed by atoms with Gasteiger partial charge >= 0.3 is 17.4 Å². The lowest BCUT2D eigenvalue weighted by Crippen LogP contribution is -2.05. The maximum absolute atomic E-state index is 10.6. The van der Waals surface area contributed by atoms with Gasteiger partial charge in [0.1, 0.15) is 0 Å². The molecule has 0 spiro atoms. The number of halogens is 1. The van der Waals surface area contributed by atoms with Crippen molar-refractivity contribution >= 4 is 29.0 Å². The second-order valence-corrected chi connectivity index (χ2v) is 2.05. The van der Waals surface area contributed by atoms with Gasteiger partial charge in [-0.05, 0) is 6.92 Å². The summed E-state index contributed by atoms with van der Waals surface area (Å²) in [7, 11) is 0. The molecule has 0 aromatic rings. The van der Waals surface area contributed by atoms with E-state index < -0.39 is 17.4 Å². The molecule has 0 amide bonds. The highest BCUT2D eigenvalue weighted by molar-refractivity contribution is 6.62. The van der Waals surface area contributed by atoms with Crippen molar-refractivity contribution in [1.29, 1.82) is 0 Å². The average Bonchev–Trinajstić information content (AvgIpc) is 2.00. The summed E-state index contributed by atoms with van der Waals surface area (Å²) in [5.41, 5.74) is -1.25. The van der Waals surface area contributed by atoms with Crippen LogP contribution in [-0.2, 0) is 19.1 Å². The molecule has 6 heteroatoms. The Balaban J connectivity index is 3.90. The van der Waals surface area contributed by atoms with E-state index in [1.807, 2.05) is 0 Å². The summed E-state index contributed by atoms with van der Waals surface area (Å²) in [6.07, 6.45) is 1.59. The second kappa shape index (κ2) is 6.19. The normalized spacial score (nSPS) is 9.69. The van der Waals surface area contributed by atoms with E-state index in [0.29, 0.717) is 0 Å². The molecule has 0 unspecified atom stereocenters. The number of esters is 2. The van der Waals surface area contributed by atoms with Gasteiger partial charge in [-0.25, -0.2) is 14.4 Å². The van der Waals surface area contributed by atoms with Gasteiger partial charge in [0.25, 0.3) is 0 Å². The lowest BCUT2D eigenvalue weighted by atomic mass is 10.5. The van der Waals surface area contributed by atoms with Crippen LogP contribution >= 0.6 is 11.6 Å². The highest BCUT2D eigenvalue weighted by atomic mass is 35.5. The molecular formula is C7H7ClO5. The monoisotopic (exact) mass is 206 g/mol. The smallest absolute Gasteiger partial charge is 0.411 e. The molecule has 0 bridgehead atoms. The highest BCUT2D eigenvalue weighted by Gasteiger charge is 2.03. The van der Waals surface area contributed by atoms with Crippen molar-refractivity contribution in [3.63, 3.8) is 0 Å². The number of hydrogen-bond donors (Lipinski definition) is 0. The molecule has 0 aromatic heterocycles. The predicted octanol–water partition coefficient (Wildman–Crippen LogP) is 1.01. The van der Waals surface area contributed by atoms with E-state index in [1.54, 1.807) is 6.92 Å². The molecule has 0 fully saturated rings. The zero-order chi connectivity index (χ0) is 10.3. The summed E-state index contributed by atoms with van der Waals surface area (Å²) < 4.78 is 8.32. The number of rotatable bonds is 3. The van der Waals surface area contributed by atoms with Gasteiger partial charge in [0.2, 0.25) is 0 Å². The van der Waals surface area contributed by atoms with Gasteiger partial charge in [0.05, 0.1) is 6.61 Å². The third kappa shape index (κ3) is 7.02. The Bertz CT molecular complexity index is 245. The summed E-state index contributed by atoms with van der Waals surface area (Å²) >= 11 is 4.72. The number of carbonyl (C=O) groups excluding carboxylic acids is 3. The fourth-order valence-corrected chi connectivity index (χ4v) is 0.516. The quantitative estimate of drug-likeness (QED) is 0.298. The van der Waals surface area contributed by atoms with Crippen LogP contribution in [0.25, 0.3) is 0 Å². The van der Waals surface area contributed by atoms with Gasteiger partial charge in [-0.2, -0.15) is 0 Å². The molecule has 0 aromatic carbocycles. The Morgan fingerprint density at radius 3 is 2.23 bits per heavy atom. The van der Waals surface area contributed by atoms with Crippen molar-refractivity contribution in [1.82, 2.24) is 0 Å². The summed E-state index contributed by atoms with van der Waals surface area (Å²) in [5.74, 6) is -1.71. The highest BCUT2D eigenvalue weighted by Crippen LogP contribution is 1.90. The van der Waals surface area contributed by atoms with Gasteiger partial charge in [0.15, 0.2) is 0 Å². The molecule has 0 aliphatic rings. The molecule has 0 rings (SSSR count). The fraction of sp³-hybridized carbons (Fsp3) is 0.286.